The highest BCUT2D eigenvalue weighted by Crippen LogP contribution is 2.28. The molecule has 0 radical (unpaired) electrons. The summed E-state index contributed by atoms with van der Waals surface area (Å²) in [5, 5.41) is 3.24. The monoisotopic (exact) mass is 416 g/mol. The molecule has 26 heavy (non-hydrogen) atoms. The standard InChI is InChI=1S/C17H18Cl2N2O4S/c1-10(2)20-17(22)13-9-12(5-7-16(13)25-3)26(23,24)21-11-4-6-14(18)15(19)8-11/h4-10,21H,1-3H3,(H,20,22). The first-order valence-electron chi connectivity index (χ1n) is 7.61. The van der Waals surface area contributed by atoms with Gasteiger partial charge in [0, 0.05) is 6.04 Å². The van der Waals surface area contributed by atoms with Crippen molar-refractivity contribution in [3.63, 3.8) is 0 Å². The third-order valence-corrected chi connectivity index (χ3v) is 5.44. The van der Waals surface area contributed by atoms with Crippen molar-refractivity contribution < 1.29 is 17.9 Å². The fraction of sp³-hybridized carbons (Fsp3) is 0.235. The number of halogens is 2. The minimum Gasteiger partial charge on any atom is -0.496 e. The molecule has 0 aliphatic heterocycles. The zero-order valence-electron chi connectivity index (χ0n) is 14.3. The Balaban J connectivity index is 2.39. The topological polar surface area (TPSA) is 84.5 Å². The van der Waals surface area contributed by atoms with Crippen molar-refractivity contribution in [3.05, 3.63) is 52.0 Å². The van der Waals surface area contributed by atoms with Crippen molar-refractivity contribution in [1.82, 2.24) is 5.32 Å². The lowest BCUT2D eigenvalue weighted by molar-refractivity contribution is 0.0940. The molecule has 2 N–H and O–H groups in total. The number of ether oxygens (including phenoxy) is 1. The molecule has 1 amide bonds. The number of benzene rings is 2. The molecule has 9 heteroatoms. The molecule has 0 spiro atoms. The Hall–Kier alpha value is -1.96. The fourth-order valence-electron chi connectivity index (χ4n) is 2.15. The lowest BCUT2D eigenvalue weighted by Gasteiger charge is -2.14. The van der Waals surface area contributed by atoms with Crippen LogP contribution in [0.25, 0.3) is 0 Å². The Morgan fingerprint density at radius 1 is 1.08 bits per heavy atom. The van der Waals surface area contributed by atoms with Crippen LogP contribution < -0.4 is 14.8 Å². The highest BCUT2D eigenvalue weighted by molar-refractivity contribution is 7.92. The highest BCUT2D eigenvalue weighted by Gasteiger charge is 2.20. The predicted molar refractivity (Wildman–Crippen MR) is 103 cm³/mol. The fourth-order valence-corrected chi connectivity index (χ4v) is 3.52. The predicted octanol–water partition coefficient (Wildman–Crippen LogP) is 3.94. The zero-order chi connectivity index (χ0) is 19.5. The van der Waals surface area contributed by atoms with Crippen molar-refractivity contribution in [2.45, 2.75) is 24.8 Å². The SMILES string of the molecule is COc1ccc(S(=O)(=O)Nc2ccc(Cl)c(Cl)c2)cc1C(=O)NC(C)C. The van der Waals surface area contributed by atoms with Crippen molar-refractivity contribution >= 4 is 44.8 Å². The number of hydrogen-bond acceptors (Lipinski definition) is 4. The second-order valence-electron chi connectivity index (χ2n) is 5.72. The minimum absolute atomic E-state index is 0.0849. The maximum atomic E-state index is 12.6. The van der Waals surface area contributed by atoms with Gasteiger partial charge in [-0.15, -0.1) is 0 Å². The van der Waals surface area contributed by atoms with Crippen LogP contribution in [-0.4, -0.2) is 27.5 Å². The molecule has 0 saturated carbocycles. The van der Waals surface area contributed by atoms with Crippen molar-refractivity contribution in [2.24, 2.45) is 0 Å². The van der Waals surface area contributed by atoms with Gasteiger partial charge in [-0.3, -0.25) is 9.52 Å². The lowest BCUT2D eigenvalue weighted by atomic mass is 10.2. The van der Waals surface area contributed by atoms with E-state index in [1.54, 1.807) is 13.8 Å². The van der Waals surface area contributed by atoms with E-state index in [9.17, 15) is 13.2 Å². The van der Waals surface area contributed by atoms with Crippen LogP contribution in [0.1, 0.15) is 24.2 Å². The first-order chi connectivity index (χ1) is 12.1. The Kier molecular flexibility index (Phi) is 6.39. The molecule has 0 atom stereocenters. The zero-order valence-corrected chi connectivity index (χ0v) is 16.7. The van der Waals surface area contributed by atoms with Crippen LogP contribution >= 0.6 is 23.2 Å². The van der Waals surface area contributed by atoms with E-state index in [4.69, 9.17) is 27.9 Å². The van der Waals surface area contributed by atoms with Crippen LogP contribution in [0, 0.1) is 0 Å². The van der Waals surface area contributed by atoms with E-state index in [0.29, 0.717) is 5.02 Å². The number of hydrogen-bond donors (Lipinski definition) is 2. The number of carbonyl (C=O) groups excluding carboxylic acids is 1. The van der Waals surface area contributed by atoms with Gasteiger partial charge in [0.25, 0.3) is 15.9 Å². The summed E-state index contributed by atoms with van der Waals surface area (Å²) in [5.41, 5.74) is 0.376. The van der Waals surface area contributed by atoms with Gasteiger partial charge >= 0.3 is 0 Å². The number of anilines is 1. The number of carbonyl (C=O) groups is 1. The van der Waals surface area contributed by atoms with E-state index in [1.807, 2.05) is 0 Å². The molecule has 140 valence electrons. The third-order valence-electron chi connectivity index (χ3n) is 3.32. The number of rotatable bonds is 6. The number of nitrogens with one attached hydrogen (secondary N) is 2. The van der Waals surface area contributed by atoms with Gasteiger partial charge in [0.1, 0.15) is 5.75 Å². The van der Waals surface area contributed by atoms with Gasteiger partial charge in [-0.1, -0.05) is 23.2 Å². The van der Waals surface area contributed by atoms with Crippen LogP contribution in [0.5, 0.6) is 5.75 Å². The molecule has 2 aromatic carbocycles. The summed E-state index contributed by atoms with van der Waals surface area (Å²) in [6.45, 7) is 3.60. The molecule has 6 nitrogen and oxygen atoms in total. The molecule has 0 saturated heterocycles. The molecule has 0 unspecified atom stereocenters. The normalized spacial score (nSPS) is 11.3. The quantitative estimate of drug-likeness (QED) is 0.746. The summed E-state index contributed by atoms with van der Waals surface area (Å²) in [6.07, 6.45) is 0. The second-order valence-corrected chi connectivity index (χ2v) is 8.22. The number of amides is 1. The molecule has 0 fully saturated rings. The second kappa shape index (κ2) is 8.16. The molecule has 2 aromatic rings. The van der Waals surface area contributed by atoms with E-state index in [1.165, 1.54) is 43.5 Å². The Labute approximate surface area is 162 Å². The average molecular weight is 417 g/mol. The molecule has 0 aromatic heterocycles. The Bertz CT molecular complexity index is 930. The smallest absolute Gasteiger partial charge is 0.261 e. The van der Waals surface area contributed by atoms with Crippen molar-refractivity contribution in [2.75, 3.05) is 11.8 Å². The van der Waals surface area contributed by atoms with Gasteiger partial charge < -0.3 is 10.1 Å². The van der Waals surface area contributed by atoms with Gasteiger partial charge in [-0.05, 0) is 50.2 Å². The maximum absolute atomic E-state index is 12.6. The highest BCUT2D eigenvalue weighted by atomic mass is 35.5. The minimum atomic E-state index is -3.94. The van der Waals surface area contributed by atoms with Crippen LogP contribution in [0.15, 0.2) is 41.3 Å². The Morgan fingerprint density at radius 3 is 2.35 bits per heavy atom. The summed E-state index contributed by atoms with van der Waals surface area (Å²) in [6, 6.07) is 8.30. The average Bonchev–Trinajstić information content (AvgIpc) is 2.56. The van der Waals surface area contributed by atoms with Crippen LogP contribution in [0.2, 0.25) is 10.0 Å². The van der Waals surface area contributed by atoms with Gasteiger partial charge in [-0.25, -0.2) is 8.42 Å². The molecule has 2 rings (SSSR count). The van der Waals surface area contributed by atoms with E-state index in [2.05, 4.69) is 10.0 Å². The summed E-state index contributed by atoms with van der Waals surface area (Å²) >= 11 is 11.7. The molecule has 0 bridgehead atoms. The van der Waals surface area contributed by atoms with E-state index in [0.717, 1.165) is 0 Å². The van der Waals surface area contributed by atoms with Gasteiger partial charge in [0.2, 0.25) is 0 Å². The van der Waals surface area contributed by atoms with Crippen LogP contribution in [0.4, 0.5) is 5.69 Å². The number of methoxy groups -OCH3 is 1. The number of sulfonamides is 1. The molecular formula is C17H18Cl2N2O4S. The molecule has 0 aliphatic rings. The maximum Gasteiger partial charge on any atom is 0.261 e. The van der Waals surface area contributed by atoms with E-state index < -0.39 is 15.9 Å². The largest absolute Gasteiger partial charge is 0.496 e. The van der Waals surface area contributed by atoms with Gasteiger partial charge in [0.15, 0.2) is 0 Å². The van der Waals surface area contributed by atoms with Gasteiger partial charge in [0.05, 0.1) is 33.3 Å². The lowest BCUT2D eigenvalue weighted by Crippen LogP contribution is -2.30. The molecule has 0 heterocycles. The van der Waals surface area contributed by atoms with Gasteiger partial charge in [-0.2, -0.15) is 0 Å². The summed E-state index contributed by atoms with van der Waals surface area (Å²) < 4.78 is 32.8. The van der Waals surface area contributed by atoms with Crippen LogP contribution in [0.3, 0.4) is 0 Å². The first kappa shape index (κ1) is 20.4. The molecular weight excluding hydrogens is 399 g/mol. The van der Waals surface area contributed by atoms with E-state index >= 15 is 0 Å². The molecule has 0 aliphatic carbocycles. The summed E-state index contributed by atoms with van der Waals surface area (Å²) in [4.78, 5) is 12.2. The first-order valence-corrected chi connectivity index (χ1v) is 9.84. The summed E-state index contributed by atoms with van der Waals surface area (Å²) in [5.74, 6) is -0.153. The van der Waals surface area contributed by atoms with Crippen molar-refractivity contribution in [3.8, 4) is 5.75 Å². The third kappa shape index (κ3) is 4.81. The van der Waals surface area contributed by atoms with E-state index in [-0.39, 0.29) is 33.0 Å². The van der Waals surface area contributed by atoms with Crippen molar-refractivity contribution in [1.29, 1.82) is 0 Å². The summed E-state index contributed by atoms with van der Waals surface area (Å²) in [7, 11) is -2.53. The van der Waals surface area contributed by atoms with Crippen LogP contribution in [-0.2, 0) is 10.0 Å². The Morgan fingerprint density at radius 2 is 1.77 bits per heavy atom.